The SMILES string of the molecule is CCc1nc(CNC(=O)c2cn[nH]c2C2CCOC2)cs1. The number of ether oxygens (including phenoxy) is 1. The maximum atomic E-state index is 12.3. The Morgan fingerprint density at radius 2 is 2.52 bits per heavy atom. The molecule has 0 spiro atoms. The molecule has 0 radical (unpaired) electrons. The van der Waals surface area contributed by atoms with Crippen molar-refractivity contribution in [3.63, 3.8) is 0 Å². The van der Waals surface area contributed by atoms with E-state index in [9.17, 15) is 4.79 Å². The monoisotopic (exact) mass is 306 g/mol. The standard InChI is InChI=1S/C14H18N4O2S/c1-2-12-17-10(8-21-12)5-15-14(19)11-6-16-18-13(11)9-3-4-20-7-9/h6,8-9H,2-5,7H2,1H3,(H,15,19)(H,16,18). The van der Waals surface area contributed by atoms with Crippen LogP contribution in [0.2, 0.25) is 0 Å². The number of carbonyl (C=O) groups excluding carboxylic acids is 1. The lowest BCUT2D eigenvalue weighted by Crippen LogP contribution is -2.24. The molecule has 6 nitrogen and oxygen atoms in total. The number of H-pyrrole nitrogens is 1. The molecule has 21 heavy (non-hydrogen) atoms. The first-order valence-corrected chi connectivity index (χ1v) is 7.98. The predicted molar refractivity (Wildman–Crippen MR) is 79.4 cm³/mol. The Labute approximate surface area is 126 Å². The highest BCUT2D eigenvalue weighted by molar-refractivity contribution is 7.09. The molecule has 1 aliphatic heterocycles. The highest BCUT2D eigenvalue weighted by atomic mass is 32.1. The number of aromatic nitrogens is 3. The fraction of sp³-hybridized carbons (Fsp3) is 0.500. The van der Waals surface area contributed by atoms with E-state index in [1.54, 1.807) is 17.5 Å². The first kappa shape index (κ1) is 14.2. The van der Waals surface area contributed by atoms with Gasteiger partial charge in [-0.2, -0.15) is 5.10 Å². The molecule has 1 fully saturated rings. The second kappa shape index (κ2) is 6.36. The van der Waals surface area contributed by atoms with Gasteiger partial charge in [-0.15, -0.1) is 11.3 Å². The van der Waals surface area contributed by atoms with E-state index >= 15 is 0 Å². The minimum atomic E-state index is -0.114. The predicted octanol–water partition coefficient (Wildman–Crippen LogP) is 1.86. The lowest BCUT2D eigenvalue weighted by molar-refractivity contribution is 0.0949. The molecule has 1 atom stereocenters. The van der Waals surface area contributed by atoms with Crippen LogP contribution in [-0.4, -0.2) is 34.3 Å². The molecule has 2 aromatic heterocycles. The van der Waals surface area contributed by atoms with Crippen LogP contribution in [0.25, 0.3) is 0 Å². The third kappa shape index (κ3) is 3.14. The molecule has 2 aromatic rings. The van der Waals surface area contributed by atoms with Crippen LogP contribution in [0.3, 0.4) is 0 Å². The fourth-order valence-electron chi connectivity index (χ4n) is 2.41. The number of carbonyl (C=O) groups is 1. The van der Waals surface area contributed by atoms with E-state index in [0.717, 1.165) is 35.8 Å². The number of aryl methyl sites for hydroxylation is 1. The number of thiazole rings is 1. The average Bonchev–Trinajstić information content (AvgIpc) is 3.24. The van der Waals surface area contributed by atoms with Gasteiger partial charge in [0.25, 0.3) is 5.91 Å². The maximum absolute atomic E-state index is 12.3. The van der Waals surface area contributed by atoms with Crippen LogP contribution < -0.4 is 5.32 Å². The second-order valence-corrected chi connectivity index (χ2v) is 5.97. The van der Waals surface area contributed by atoms with Crippen molar-refractivity contribution in [2.75, 3.05) is 13.2 Å². The van der Waals surface area contributed by atoms with Crippen LogP contribution in [-0.2, 0) is 17.7 Å². The molecule has 1 amide bonds. The van der Waals surface area contributed by atoms with Crippen LogP contribution in [0.5, 0.6) is 0 Å². The van der Waals surface area contributed by atoms with Crippen LogP contribution in [0.4, 0.5) is 0 Å². The molecule has 0 aliphatic carbocycles. The van der Waals surface area contributed by atoms with E-state index in [-0.39, 0.29) is 11.8 Å². The Bertz CT molecular complexity index is 616. The highest BCUT2D eigenvalue weighted by Gasteiger charge is 2.25. The summed E-state index contributed by atoms with van der Waals surface area (Å²) in [5.41, 5.74) is 2.38. The van der Waals surface area contributed by atoms with E-state index in [0.29, 0.717) is 18.7 Å². The first-order valence-electron chi connectivity index (χ1n) is 7.10. The van der Waals surface area contributed by atoms with Crippen molar-refractivity contribution in [1.82, 2.24) is 20.5 Å². The van der Waals surface area contributed by atoms with Gasteiger partial charge < -0.3 is 10.1 Å². The molecule has 1 aliphatic rings. The summed E-state index contributed by atoms with van der Waals surface area (Å²) < 4.78 is 5.37. The molecule has 7 heteroatoms. The normalized spacial score (nSPS) is 18.0. The van der Waals surface area contributed by atoms with E-state index in [4.69, 9.17) is 4.74 Å². The van der Waals surface area contributed by atoms with Crippen molar-refractivity contribution >= 4 is 17.2 Å². The van der Waals surface area contributed by atoms with Gasteiger partial charge >= 0.3 is 0 Å². The van der Waals surface area contributed by atoms with Gasteiger partial charge in [-0.05, 0) is 12.8 Å². The Kier molecular flexibility index (Phi) is 4.31. The molecule has 0 aromatic carbocycles. The first-order chi connectivity index (χ1) is 10.3. The summed E-state index contributed by atoms with van der Waals surface area (Å²) in [5, 5.41) is 12.9. The van der Waals surface area contributed by atoms with E-state index in [1.807, 2.05) is 5.38 Å². The van der Waals surface area contributed by atoms with Crippen LogP contribution in [0.1, 0.15) is 46.0 Å². The van der Waals surface area contributed by atoms with Gasteiger partial charge in [-0.1, -0.05) is 6.92 Å². The Hall–Kier alpha value is -1.73. The number of nitrogens with zero attached hydrogens (tertiary/aromatic N) is 2. The zero-order valence-electron chi connectivity index (χ0n) is 11.9. The van der Waals surface area contributed by atoms with Gasteiger partial charge in [-0.25, -0.2) is 4.98 Å². The van der Waals surface area contributed by atoms with E-state index < -0.39 is 0 Å². The molecule has 0 saturated carbocycles. The lowest BCUT2D eigenvalue weighted by atomic mass is 10.0. The largest absolute Gasteiger partial charge is 0.381 e. The number of amides is 1. The molecule has 112 valence electrons. The van der Waals surface area contributed by atoms with Crippen molar-refractivity contribution in [2.45, 2.75) is 32.2 Å². The maximum Gasteiger partial charge on any atom is 0.255 e. The summed E-state index contributed by atoms with van der Waals surface area (Å²) in [6.07, 6.45) is 3.43. The molecule has 1 unspecified atom stereocenters. The van der Waals surface area contributed by atoms with Crippen molar-refractivity contribution in [3.8, 4) is 0 Å². The van der Waals surface area contributed by atoms with Gasteiger partial charge in [0.1, 0.15) is 0 Å². The summed E-state index contributed by atoms with van der Waals surface area (Å²) in [6, 6.07) is 0. The van der Waals surface area contributed by atoms with E-state index in [1.165, 1.54) is 0 Å². The third-order valence-corrected chi connectivity index (χ3v) is 4.63. The molecule has 3 rings (SSSR count). The molecule has 0 bridgehead atoms. The van der Waals surface area contributed by atoms with Crippen molar-refractivity contribution < 1.29 is 9.53 Å². The topological polar surface area (TPSA) is 79.9 Å². The molecule has 2 N–H and O–H groups in total. The third-order valence-electron chi connectivity index (χ3n) is 3.58. The number of aromatic amines is 1. The van der Waals surface area contributed by atoms with Gasteiger partial charge in [0.15, 0.2) is 0 Å². The molecular weight excluding hydrogens is 288 g/mol. The molecule has 3 heterocycles. The van der Waals surface area contributed by atoms with Crippen LogP contribution >= 0.6 is 11.3 Å². The summed E-state index contributed by atoms with van der Waals surface area (Å²) in [5.74, 6) is 0.121. The zero-order valence-corrected chi connectivity index (χ0v) is 12.7. The summed E-state index contributed by atoms with van der Waals surface area (Å²) in [6.45, 7) is 3.90. The number of rotatable bonds is 5. The fourth-order valence-corrected chi connectivity index (χ4v) is 3.15. The Morgan fingerprint density at radius 3 is 3.24 bits per heavy atom. The summed E-state index contributed by atoms with van der Waals surface area (Å²) in [4.78, 5) is 16.7. The molecular formula is C14H18N4O2S. The van der Waals surface area contributed by atoms with Crippen molar-refractivity contribution in [1.29, 1.82) is 0 Å². The van der Waals surface area contributed by atoms with E-state index in [2.05, 4.69) is 27.4 Å². The summed E-state index contributed by atoms with van der Waals surface area (Å²) in [7, 11) is 0. The van der Waals surface area contributed by atoms with Gasteiger partial charge in [0, 0.05) is 17.9 Å². The quantitative estimate of drug-likeness (QED) is 0.883. The van der Waals surface area contributed by atoms with Crippen molar-refractivity contribution in [3.05, 3.63) is 33.5 Å². The van der Waals surface area contributed by atoms with Crippen LogP contribution in [0.15, 0.2) is 11.6 Å². The highest BCUT2D eigenvalue weighted by Crippen LogP contribution is 2.26. The van der Waals surface area contributed by atoms with Gasteiger partial charge in [-0.3, -0.25) is 9.89 Å². The van der Waals surface area contributed by atoms with Gasteiger partial charge in [0.2, 0.25) is 0 Å². The zero-order chi connectivity index (χ0) is 14.7. The Morgan fingerprint density at radius 1 is 1.62 bits per heavy atom. The van der Waals surface area contributed by atoms with Crippen molar-refractivity contribution in [2.24, 2.45) is 0 Å². The number of nitrogens with one attached hydrogen (secondary N) is 2. The van der Waals surface area contributed by atoms with Gasteiger partial charge in [0.05, 0.1) is 41.3 Å². The number of hydrogen-bond donors (Lipinski definition) is 2. The smallest absolute Gasteiger partial charge is 0.255 e. The average molecular weight is 306 g/mol. The second-order valence-electron chi connectivity index (χ2n) is 5.03. The summed E-state index contributed by atoms with van der Waals surface area (Å²) >= 11 is 1.62. The van der Waals surface area contributed by atoms with Crippen LogP contribution in [0, 0.1) is 0 Å². The molecule has 1 saturated heterocycles. The minimum absolute atomic E-state index is 0.114. The Balaban J connectivity index is 1.64. The minimum Gasteiger partial charge on any atom is -0.381 e. The lowest BCUT2D eigenvalue weighted by Gasteiger charge is -2.08. The number of hydrogen-bond acceptors (Lipinski definition) is 5.